The summed E-state index contributed by atoms with van der Waals surface area (Å²) in [7, 11) is 0. The number of rotatable bonds is 3. The molecule has 0 aliphatic heterocycles. The van der Waals surface area contributed by atoms with E-state index in [1.165, 1.54) is 0 Å². The Bertz CT molecular complexity index is 380. The van der Waals surface area contributed by atoms with E-state index in [0.717, 1.165) is 3.58 Å². The van der Waals surface area contributed by atoms with E-state index in [1.54, 1.807) is 0 Å². The average Bonchev–Trinajstić information content (AvgIpc) is 2.01. The second-order valence-corrected chi connectivity index (χ2v) is 18.3. The molecule has 13 heavy (non-hydrogen) atoms. The average molecular weight is 289 g/mol. The molecule has 0 saturated heterocycles. The predicted octanol–water partition coefficient (Wildman–Crippen LogP) is 0.226. The van der Waals surface area contributed by atoms with Gasteiger partial charge in [0.25, 0.3) is 0 Å². The molecule has 0 atom stereocenters. The molecule has 1 rings (SSSR count). The summed E-state index contributed by atoms with van der Waals surface area (Å²) in [5.41, 5.74) is -0.727. The van der Waals surface area contributed by atoms with E-state index in [9.17, 15) is 9.59 Å². The van der Waals surface area contributed by atoms with E-state index in [1.807, 2.05) is 6.92 Å². The van der Waals surface area contributed by atoms with Crippen molar-refractivity contribution in [1.29, 1.82) is 0 Å². The maximum absolute atomic E-state index is 11.3. The van der Waals surface area contributed by atoms with Crippen LogP contribution < -0.4 is 19.2 Å². The molecular weight excluding hydrogens is 275 g/mol. The zero-order valence-corrected chi connectivity index (χ0v) is 11.3. The molecule has 0 N–H and O–H groups in total. The third kappa shape index (κ3) is 1.80. The number of ether oxygens (including phenoxy) is 1. The van der Waals surface area contributed by atoms with Gasteiger partial charge in [0, 0.05) is 0 Å². The molecule has 72 valence electrons. The summed E-state index contributed by atoms with van der Waals surface area (Å²) < 4.78 is 5.90. The first-order chi connectivity index (χ1) is 5.89. The molecule has 0 aliphatic carbocycles. The van der Waals surface area contributed by atoms with Crippen LogP contribution in [0.1, 0.15) is 6.92 Å². The topological polar surface area (TPSA) is 43.4 Å². The predicted molar refractivity (Wildman–Crippen MR) is 55.5 cm³/mol. The van der Waals surface area contributed by atoms with Crippen LogP contribution in [0.2, 0.25) is 14.8 Å². The van der Waals surface area contributed by atoms with Crippen molar-refractivity contribution in [2.24, 2.45) is 0 Å². The van der Waals surface area contributed by atoms with Crippen molar-refractivity contribution in [2.75, 3.05) is 6.61 Å². The first-order valence-corrected chi connectivity index (χ1v) is 14.3. The Morgan fingerprint density at radius 1 is 1.15 bits per heavy atom. The summed E-state index contributed by atoms with van der Waals surface area (Å²) >= 11 is -2.41. The zero-order valence-electron chi connectivity index (χ0n) is 8.43. The van der Waals surface area contributed by atoms with Gasteiger partial charge in [-0.15, -0.1) is 0 Å². The summed E-state index contributed by atoms with van der Waals surface area (Å²) in [6.45, 7) is 2.28. The van der Waals surface area contributed by atoms with E-state index in [-0.39, 0.29) is 5.43 Å². The summed E-state index contributed by atoms with van der Waals surface area (Å²) in [6.07, 6.45) is 0. The van der Waals surface area contributed by atoms with Crippen LogP contribution in [0, 0.1) is 0 Å². The molecule has 0 heterocycles. The molecule has 0 bridgehead atoms. The van der Waals surface area contributed by atoms with Crippen molar-refractivity contribution in [1.82, 2.24) is 0 Å². The fourth-order valence-corrected chi connectivity index (χ4v) is 6.08. The second kappa shape index (κ2) is 3.44. The van der Waals surface area contributed by atoms with Gasteiger partial charge in [0.05, 0.1) is 0 Å². The van der Waals surface area contributed by atoms with Crippen LogP contribution in [0.3, 0.4) is 0 Å². The molecule has 3 nitrogen and oxygen atoms in total. The quantitative estimate of drug-likeness (QED) is 0.591. The van der Waals surface area contributed by atoms with Gasteiger partial charge >= 0.3 is 81.2 Å². The molecule has 0 spiro atoms. The maximum atomic E-state index is 11.3. The fraction of sp³-hybridized carbons (Fsp3) is 0.556. The Labute approximate surface area is 81.3 Å². The number of hydrogen-bond donors (Lipinski definition) is 0. The molecule has 0 saturated carbocycles. The third-order valence-corrected chi connectivity index (χ3v) is 7.48. The molecular formula is C9H14O3Sn. The summed E-state index contributed by atoms with van der Waals surface area (Å²) in [6, 6.07) is 0. The van der Waals surface area contributed by atoms with Gasteiger partial charge in [-0.1, -0.05) is 0 Å². The normalized spacial score (nSPS) is 12.0. The molecule has 0 fully saturated rings. The Kier molecular flexibility index (Phi) is 2.85. The van der Waals surface area contributed by atoms with Crippen molar-refractivity contribution in [2.45, 2.75) is 21.7 Å². The third-order valence-electron chi connectivity index (χ3n) is 1.91. The van der Waals surface area contributed by atoms with E-state index < -0.39 is 23.8 Å². The molecule has 0 aliphatic rings. The Morgan fingerprint density at radius 3 is 2.08 bits per heavy atom. The SMILES string of the molecule is CCOc1[c]([Sn]([CH3])([CH3])[CH3])c(=O)c1=O. The van der Waals surface area contributed by atoms with Crippen molar-refractivity contribution < 1.29 is 4.74 Å². The van der Waals surface area contributed by atoms with E-state index in [4.69, 9.17) is 4.74 Å². The van der Waals surface area contributed by atoms with Gasteiger partial charge < -0.3 is 0 Å². The Morgan fingerprint density at radius 2 is 1.69 bits per heavy atom. The van der Waals surface area contributed by atoms with E-state index in [0.29, 0.717) is 12.4 Å². The second-order valence-electron chi connectivity index (χ2n) is 4.05. The Hall–Kier alpha value is -0.321. The van der Waals surface area contributed by atoms with Gasteiger partial charge in [0.1, 0.15) is 0 Å². The van der Waals surface area contributed by atoms with Gasteiger partial charge in [0.2, 0.25) is 0 Å². The number of hydrogen-bond acceptors (Lipinski definition) is 3. The first-order valence-electron chi connectivity index (χ1n) is 4.36. The van der Waals surface area contributed by atoms with Crippen LogP contribution in [-0.4, -0.2) is 25.0 Å². The van der Waals surface area contributed by atoms with Gasteiger partial charge in [-0.2, -0.15) is 0 Å². The summed E-state index contributed by atoms with van der Waals surface area (Å²) in [5, 5.41) is 0. The minimum absolute atomic E-state index is 0.299. The molecule has 0 unspecified atom stereocenters. The van der Waals surface area contributed by atoms with Crippen LogP contribution in [0.25, 0.3) is 0 Å². The molecule has 4 heteroatoms. The minimum atomic E-state index is -2.41. The van der Waals surface area contributed by atoms with Crippen molar-refractivity contribution >= 4 is 22.0 Å². The van der Waals surface area contributed by atoms with Crippen molar-refractivity contribution in [3.05, 3.63) is 20.4 Å². The van der Waals surface area contributed by atoms with E-state index in [2.05, 4.69) is 14.8 Å². The molecule has 0 amide bonds. The standard InChI is InChI=1S/C6H5O3.3CH3.Sn/c1-2-9-5-3-4(7)6(5)8;;;;/h2H2,1H3;3*1H3;. The summed E-state index contributed by atoms with van der Waals surface area (Å²) in [5.74, 6) is 0.357. The van der Waals surface area contributed by atoms with Gasteiger partial charge in [0.15, 0.2) is 0 Å². The Balaban J connectivity index is 3.17. The molecule has 1 aromatic rings. The van der Waals surface area contributed by atoms with Crippen LogP contribution in [0.5, 0.6) is 5.75 Å². The van der Waals surface area contributed by atoms with Crippen LogP contribution in [0.15, 0.2) is 9.59 Å². The fourth-order valence-electron chi connectivity index (χ4n) is 1.33. The molecule has 0 aromatic heterocycles. The van der Waals surface area contributed by atoms with Crippen LogP contribution >= 0.6 is 0 Å². The van der Waals surface area contributed by atoms with E-state index >= 15 is 0 Å². The van der Waals surface area contributed by atoms with Gasteiger partial charge in [-0.3, -0.25) is 0 Å². The zero-order chi connectivity index (χ0) is 10.2. The van der Waals surface area contributed by atoms with Crippen LogP contribution in [0.4, 0.5) is 0 Å². The van der Waals surface area contributed by atoms with Crippen molar-refractivity contribution in [3.8, 4) is 5.75 Å². The monoisotopic (exact) mass is 290 g/mol. The van der Waals surface area contributed by atoms with Crippen LogP contribution in [-0.2, 0) is 0 Å². The molecule has 1 aromatic carbocycles. The van der Waals surface area contributed by atoms with Gasteiger partial charge in [-0.05, 0) is 0 Å². The van der Waals surface area contributed by atoms with Gasteiger partial charge in [-0.25, -0.2) is 0 Å². The first kappa shape index (κ1) is 10.8. The summed E-state index contributed by atoms with van der Waals surface area (Å²) in [4.78, 5) is 28.7. The van der Waals surface area contributed by atoms with Crippen molar-refractivity contribution in [3.63, 3.8) is 0 Å². The molecule has 0 radical (unpaired) electrons.